The lowest BCUT2D eigenvalue weighted by molar-refractivity contribution is -0.121. The van der Waals surface area contributed by atoms with Crippen LogP contribution in [0.25, 0.3) is 0 Å². The lowest BCUT2D eigenvalue weighted by Crippen LogP contribution is -2.48. The van der Waals surface area contributed by atoms with Gasteiger partial charge in [0, 0.05) is 28.0 Å². The molecule has 1 atom stereocenters. The molecule has 1 fully saturated rings. The number of hydrogen-bond acceptors (Lipinski definition) is 5. The van der Waals surface area contributed by atoms with Crippen molar-refractivity contribution in [3.8, 4) is 0 Å². The van der Waals surface area contributed by atoms with Gasteiger partial charge in [-0.1, -0.05) is 23.2 Å². The van der Waals surface area contributed by atoms with Gasteiger partial charge in [0.15, 0.2) is 0 Å². The maximum absolute atomic E-state index is 12.5. The quantitative estimate of drug-likeness (QED) is 0.626. The van der Waals surface area contributed by atoms with Crippen molar-refractivity contribution in [1.82, 2.24) is 15.8 Å². The van der Waals surface area contributed by atoms with Crippen molar-refractivity contribution < 1.29 is 14.4 Å². The molecular weight excluding hydrogens is 367 g/mol. The monoisotopic (exact) mass is 378 g/mol. The van der Waals surface area contributed by atoms with Gasteiger partial charge in [-0.2, -0.15) is 0 Å². The second-order valence-electron chi connectivity index (χ2n) is 5.29. The number of carbonyl (C=O) groups is 3. The van der Waals surface area contributed by atoms with Crippen LogP contribution >= 0.6 is 23.2 Å². The summed E-state index contributed by atoms with van der Waals surface area (Å²) in [7, 11) is 0. The Labute approximate surface area is 152 Å². The van der Waals surface area contributed by atoms with Crippen LogP contribution in [-0.4, -0.2) is 28.7 Å². The first-order chi connectivity index (χ1) is 12.0. The summed E-state index contributed by atoms with van der Waals surface area (Å²) in [6.07, 6.45) is 2.85. The second-order valence-corrected chi connectivity index (χ2v) is 6.16. The molecule has 1 aliphatic rings. The Morgan fingerprint density at radius 3 is 2.40 bits per heavy atom. The van der Waals surface area contributed by atoms with Gasteiger partial charge in [-0.3, -0.25) is 24.8 Å². The Morgan fingerprint density at radius 2 is 1.76 bits per heavy atom. The van der Waals surface area contributed by atoms with Gasteiger partial charge >= 0.3 is 0 Å². The van der Waals surface area contributed by atoms with Crippen molar-refractivity contribution in [2.45, 2.75) is 12.5 Å². The maximum atomic E-state index is 12.5. The largest absolute Gasteiger partial charge is 0.287 e. The van der Waals surface area contributed by atoms with Crippen LogP contribution in [0.2, 0.25) is 10.0 Å². The lowest BCUT2D eigenvalue weighted by Gasteiger charge is -2.16. The molecule has 0 radical (unpaired) electrons. The molecule has 3 amide bonds. The number of imide groups is 1. The van der Waals surface area contributed by atoms with E-state index in [0.717, 1.165) is 4.90 Å². The van der Waals surface area contributed by atoms with Crippen LogP contribution in [0.5, 0.6) is 0 Å². The van der Waals surface area contributed by atoms with Crippen molar-refractivity contribution in [2.24, 2.45) is 0 Å². The zero-order chi connectivity index (χ0) is 18.0. The lowest BCUT2D eigenvalue weighted by atomic mass is 10.2. The van der Waals surface area contributed by atoms with Crippen molar-refractivity contribution in [3.05, 3.63) is 58.3 Å². The van der Waals surface area contributed by atoms with E-state index >= 15 is 0 Å². The molecule has 2 aromatic rings. The third-order valence-corrected chi connectivity index (χ3v) is 3.99. The van der Waals surface area contributed by atoms with Gasteiger partial charge < -0.3 is 0 Å². The van der Waals surface area contributed by atoms with Gasteiger partial charge in [0.25, 0.3) is 11.8 Å². The first-order valence-corrected chi connectivity index (χ1v) is 8.00. The summed E-state index contributed by atoms with van der Waals surface area (Å²) >= 11 is 11.8. The van der Waals surface area contributed by atoms with E-state index < -0.39 is 23.8 Å². The van der Waals surface area contributed by atoms with Crippen LogP contribution in [0.1, 0.15) is 16.8 Å². The minimum atomic E-state index is -0.879. The molecule has 1 aromatic carbocycles. The summed E-state index contributed by atoms with van der Waals surface area (Å²) in [5.74, 6) is -1.36. The number of nitrogens with zero attached hydrogens (tertiary/aromatic N) is 2. The van der Waals surface area contributed by atoms with Gasteiger partial charge in [0.05, 0.1) is 12.1 Å². The van der Waals surface area contributed by atoms with Crippen LogP contribution in [0.3, 0.4) is 0 Å². The standard InChI is InChI=1S/C16H12Cl2N4O3/c17-10-5-11(18)7-12(6-10)22-14(23)8-13(16(22)25)20-21-15(24)9-1-3-19-4-2-9/h1-7,13,20H,8H2,(H,21,24)/t13-/m1/s1. The minimum absolute atomic E-state index is 0.0976. The molecule has 0 saturated carbocycles. The number of hydrazine groups is 1. The molecule has 2 heterocycles. The Morgan fingerprint density at radius 1 is 1.12 bits per heavy atom. The van der Waals surface area contributed by atoms with Crippen LogP contribution in [0, 0.1) is 0 Å². The fourth-order valence-corrected chi connectivity index (χ4v) is 2.93. The number of nitrogens with one attached hydrogen (secondary N) is 2. The minimum Gasteiger partial charge on any atom is -0.287 e. The number of anilines is 1. The third kappa shape index (κ3) is 3.79. The summed E-state index contributed by atoms with van der Waals surface area (Å²) in [5, 5.41) is 0.621. The van der Waals surface area contributed by atoms with Crippen molar-refractivity contribution in [2.75, 3.05) is 4.90 Å². The van der Waals surface area contributed by atoms with Crippen LogP contribution in [0.4, 0.5) is 5.69 Å². The van der Waals surface area contributed by atoms with E-state index in [1.807, 2.05) is 0 Å². The average Bonchev–Trinajstić information content (AvgIpc) is 2.86. The molecule has 0 spiro atoms. The summed E-state index contributed by atoms with van der Waals surface area (Å²) in [6, 6.07) is 6.62. The maximum Gasteiger partial charge on any atom is 0.265 e. The Kier molecular flexibility index (Phi) is 4.98. The molecule has 3 rings (SSSR count). The third-order valence-electron chi connectivity index (χ3n) is 3.55. The van der Waals surface area contributed by atoms with E-state index in [9.17, 15) is 14.4 Å². The van der Waals surface area contributed by atoms with Gasteiger partial charge in [0.2, 0.25) is 5.91 Å². The highest BCUT2D eigenvalue weighted by molar-refractivity contribution is 6.35. The average molecular weight is 379 g/mol. The Hall–Kier alpha value is -2.48. The highest BCUT2D eigenvalue weighted by atomic mass is 35.5. The van der Waals surface area contributed by atoms with Crippen LogP contribution < -0.4 is 15.8 Å². The smallest absolute Gasteiger partial charge is 0.265 e. The normalized spacial score (nSPS) is 17.0. The molecule has 7 nitrogen and oxygen atoms in total. The van der Waals surface area contributed by atoms with Gasteiger partial charge in [-0.05, 0) is 30.3 Å². The number of amides is 3. The highest BCUT2D eigenvalue weighted by Crippen LogP contribution is 2.29. The van der Waals surface area contributed by atoms with Gasteiger partial charge in [0.1, 0.15) is 6.04 Å². The van der Waals surface area contributed by atoms with E-state index in [0.29, 0.717) is 15.6 Å². The molecule has 2 N–H and O–H groups in total. The number of carbonyl (C=O) groups excluding carboxylic acids is 3. The SMILES string of the molecule is O=C(NN[C@@H]1CC(=O)N(c2cc(Cl)cc(Cl)c2)C1=O)c1ccncc1. The molecule has 1 aromatic heterocycles. The molecule has 25 heavy (non-hydrogen) atoms. The highest BCUT2D eigenvalue weighted by Gasteiger charge is 2.40. The van der Waals surface area contributed by atoms with E-state index in [1.54, 1.807) is 0 Å². The number of hydrogen-bond donors (Lipinski definition) is 2. The summed E-state index contributed by atoms with van der Waals surface area (Å²) in [4.78, 5) is 41.5. The molecule has 1 aliphatic heterocycles. The van der Waals surface area contributed by atoms with Crippen LogP contribution in [0.15, 0.2) is 42.7 Å². The van der Waals surface area contributed by atoms with Crippen LogP contribution in [-0.2, 0) is 9.59 Å². The van der Waals surface area contributed by atoms with Crippen molar-refractivity contribution in [3.63, 3.8) is 0 Å². The predicted molar refractivity (Wildman–Crippen MR) is 92.2 cm³/mol. The first kappa shape index (κ1) is 17.3. The second kappa shape index (κ2) is 7.18. The molecular formula is C16H12Cl2N4O3. The van der Waals surface area contributed by atoms with E-state index in [-0.39, 0.29) is 12.1 Å². The Balaban J connectivity index is 1.70. The zero-order valence-electron chi connectivity index (χ0n) is 12.7. The summed E-state index contributed by atoms with van der Waals surface area (Å²) in [5.41, 5.74) is 5.67. The molecule has 0 unspecified atom stereocenters. The molecule has 9 heteroatoms. The van der Waals surface area contributed by atoms with Crippen molar-refractivity contribution in [1.29, 1.82) is 0 Å². The molecule has 0 bridgehead atoms. The topological polar surface area (TPSA) is 91.4 Å². The number of pyridine rings is 1. The fourth-order valence-electron chi connectivity index (χ4n) is 2.41. The van der Waals surface area contributed by atoms with E-state index in [1.165, 1.54) is 42.7 Å². The number of aromatic nitrogens is 1. The first-order valence-electron chi connectivity index (χ1n) is 7.24. The zero-order valence-corrected chi connectivity index (χ0v) is 14.2. The number of benzene rings is 1. The van der Waals surface area contributed by atoms with E-state index in [2.05, 4.69) is 15.8 Å². The number of rotatable bonds is 4. The number of halogens is 2. The van der Waals surface area contributed by atoms with E-state index in [4.69, 9.17) is 23.2 Å². The molecule has 0 aliphatic carbocycles. The van der Waals surface area contributed by atoms with Gasteiger partial charge in [-0.15, -0.1) is 0 Å². The predicted octanol–water partition coefficient (Wildman–Crippen LogP) is 1.95. The fraction of sp³-hybridized carbons (Fsp3) is 0.125. The van der Waals surface area contributed by atoms with Gasteiger partial charge in [-0.25, -0.2) is 10.3 Å². The summed E-state index contributed by atoms with van der Waals surface area (Å²) in [6.45, 7) is 0. The van der Waals surface area contributed by atoms with Crippen molar-refractivity contribution >= 4 is 46.6 Å². The Bertz CT molecular complexity index is 824. The molecule has 128 valence electrons. The summed E-state index contributed by atoms with van der Waals surface area (Å²) < 4.78 is 0. The molecule has 1 saturated heterocycles.